The summed E-state index contributed by atoms with van der Waals surface area (Å²) in [4.78, 5) is 15.8. The van der Waals surface area contributed by atoms with Crippen molar-refractivity contribution in [2.24, 2.45) is 0 Å². The molecule has 0 saturated carbocycles. The molecule has 2 aromatic rings. The van der Waals surface area contributed by atoms with Crippen LogP contribution >= 0.6 is 0 Å². The molecule has 2 N–H and O–H groups in total. The second kappa shape index (κ2) is 10.0. The van der Waals surface area contributed by atoms with E-state index in [1.807, 2.05) is 36.4 Å². The number of rotatable bonds is 9. The maximum Gasteiger partial charge on any atom is 0.221 e. The number of hydrogen-bond donors (Lipinski definition) is 2. The molecule has 0 spiro atoms. The van der Waals surface area contributed by atoms with E-state index in [1.54, 1.807) is 12.4 Å². The Balaban J connectivity index is 1.67. The number of benzene rings is 1. The zero-order valence-corrected chi connectivity index (χ0v) is 13.5. The van der Waals surface area contributed by atoms with E-state index in [4.69, 9.17) is 11.2 Å². The van der Waals surface area contributed by atoms with Gasteiger partial charge in [-0.25, -0.2) is 0 Å². The van der Waals surface area contributed by atoms with Gasteiger partial charge in [0.15, 0.2) is 0 Å². The van der Waals surface area contributed by atoms with Gasteiger partial charge in [-0.2, -0.15) is 0 Å². The van der Waals surface area contributed by atoms with Gasteiger partial charge in [-0.3, -0.25) is 9.78 Å². The molecule has 5 heteroatoms. The van der Waals surface area contributed by atoms with Gasteiger partial charge in [0.1, 0.15) is 12.4 Å². The van der Waals surface area contributed by atoms with E-state index in [1.165, 1.54) is 0 Å². The summed E-state index contributed by atoms with van der Waals surface area (Å²) in [6.45, 7) is 1.95. The molecule has 1 aromatic carbocycles. The quantitative estimate of drug-likeness (QED) is 0.546. The van der Waals surface area contributed by atoms with Gasteiger partial charge in [0.2, 0.25) is 5.91 Å². The van der Waals surface area contributed by atoms with Crippen LogP contribution in [0, 0.1) is 12.3 Å². The predicted octanol–water partition coefficient (Wildman–Crippen LogP) is 1.89. The van der Waals surface area contributed by atoms with Crippen LogP contribution in [0.25, 0.3) is 0 Å². The van der Waals surface area contributed by atoms with Crippen LogP contribution in [-0.2, 0) is 17.9 Å². The van der Waals surface area contributed by atoms with Gasteiger partial charge in [0.05, 0.1) is 0 Å². The van der Waals surface area contributed by atoms with Crippen molar-refractivity contribution >= 4 is 5.91 Å². The molecular weight excluding hydrogens is 302 g/mol. The number of carbonyl (C=O) groups is 1. The minimum Gasteiger partial charge on any atom is -0.481 e. The Morgan fingerprint density at radius 2 is 2.08 bits per heavy atom. The van der Waals surface area contributed by atoms with Crippen molar-refractivity contribution in [2.45, 2.75) is 19.5 Å². The molecule has 0 radical (unpaired) electrons. The lowest BCUT2D eigenvalue weighted by atomic mass is 10.2. The molecule has 0 aliphatic carbocycles. The fraction of sp³-hybridized carbons (Fsp3) is 0.263. The van der Waals surface area contributed by atoms with Crippen LogP contribution in [0.3, 0.4) is 0 Å². The predicted molar refractivity (Wildman–Crippen MR) is 93.2 cm³/mol. The van der Waals surface area contributed by atoms with Crippen LogP contribution in [0.1, 0.15) is 17.5 Å². The lowest BCUT2D eigenvalue weighted by Crippen LogP contribution is -2.27. The smallest absolute Gasteiger partial charge is 0.221 e. The molecule has 0 bridgehead atoms. The third-order valence-corrected chi connectivity index (χ3v) is 3.34. The molecule has 1 heterocycles. The minimum absolute atomic E-state index is 0.00298. The van der Waals surface area contributed by atoms with Gasteiger partial charge in [-0.15, -0.1) is 6.42 Å². The molecule has 0 aliphatic heterocycles. The highest BCUT2D eigenvalue weighted by Crippen LogP contribution is 2.17. The summed E-state index contributed by atoms with van der Waals surface area (Å²) in [6, 6.07) is 11.5. The molecule has 2 rings (SSSR count). The first-order valence-corrected chi connectivity index (χ1v) is 7.80. The van der Waals surface area contributed by atoms with Crippen molar-refractivity contribution in [1.82, 2.24) is 15.6 Å². The first-order valence-electron chi connectivity index (χ1n) is 7.80. The van der Waals surface area contributed by atoms with E-state index in [0.717, 1.165) is 16.9 Å². The molecule has 0 atom stereocenters. The van der Waals surface area contributed by atoms with Gasteiger partial charge in [-0.05, 0) is 17.7 Å². The maximum absolute atomic E-state index is 11.8. The lowest BCUT2D eigenvalue weighted by Gasteiger charge is -2.10. The monoisotopic (exact) mass is 323 g/mol. The average molecular weight is 323 g/mol. The summed E-state index contributed by atoms with van der Waals surface area (Å²) in [6.07, 6.45) is 9.07. The standard InChI is InChI=1S/C19H21N3O2/c1-2-12-24-18-8-4-3-7-17(18)15-21-11-9-19(23)22-14-16-6-5-10-20-13-16/h1,3-8,10,13,21H,9,11-12,14-15H2,(H,22,23). The number of nitrogens with one attached hydrogen (secondary N) is 2. The van der Waals surface area contributed by atoms with Crippen LogP contribution in [0.4, 0.5) is 0 Å². The van der Waals surface area contributed by atoms with Crippen molar-refractivity contribution in [2.75, 3.05) is 13.2 Å². The first-order chi connectivity index (χ1) is 11.8. The number of pyridine rings is 1. The largest absolute Gasteiger partial charge is 0.481 e. The van der Waals surface area contributed by atoms with Crippen LogP contribution < -0.4 is 15.4 Å². The normalized spacial score (nSPS) is 9.96. The summed E-state index contributed by atoms with van der Waals surface area (Å²) in [5.41, 5.74) is 2.00. The molecular formula is C19H21N3O2. The van der Waals surface area contributed by atoms with E-state index in [9.17, 15) is 4.79 Å². The summed E-state index contributed by atoms with van der Waals surface area (Å²) in [7, 11) is 0. The summed E-state index contributed by atoms with van der Waals surface area (Å²) in [5.74, 6) is 3.22. The molecule has 1 aromatic heterocycles. The number of terminal acetylenes is 1. The molecule has 0 unspecified atom stereocenters. The third-order valence-electron chi connectivity index (χ3n) is 3.34. The number of carbonyl (C=O) groups excluding carboxylic acids is 1. The van der Waals surface area contributed by atoms with Crippen LogP contribution in [0.2, 0.25) is 0 Å². The zero-order chi connectivity index (χ0) is 17.0. The molecule has 124 valence electrons. The first kappa shape index (κ1) is 17.5. The molecule has 5 nitrogen and oxygen atoms in total. The zero-order valence-electron chi connectivity index (χ0n) is 13.5. The summed E-state index contributed by atoms with van der Waals surface area (Å²) in [5, 5.41) is 6.11. The van der Waals surface area contributed by atoms with Gasteiger partial charge in [0.25, 0.3) is 0 Å². The number of para-hydroxylation sites is 1. The van der Waals surface area contributed by atoms with E-state index in [0.29, 0.717) is 26.1 Å². The van der Waals surface area contributed by atoms with E-state index in [-0.39, 0.29) is 12.5 Å². The van der Waals surface area contributed by atoms with Gasteiger partial charge < -0.3 is 15.4 Å². The summed E-state index contributed by atoms with van der Waals surface area (Å²) < 4.78 is 5.49. The maximum atomic E-state index is 11.8. The Bertz CT molecular complexity index is 681. The minimum atomic E-state index is 0.00298. The highest BCUT2D eigenvalue weighted by Gasteiger charge is 2.04. The molecule has 0 fully saturated rings. The molecule has 0 aliphatic rings. The Hall–Kier alpha value is -2.84. The van der Waals surface area contributed by atoms with E-state index in [2.05, 4.69) is 21.5 Å². The highest BCUT2D eigenvalue weighted by molar-refractivity contribution is 5.76. The van der Waals surface area contributed by atoms with Crippen LogP contribution in [-0.4, -0.2) is 24.0 Å². The van der Waals surface area contributed by atoms with E-state index < -0.39 is 0 Å². The van der Waals surface area contributed by atoms with Crippen molar-refractivity contribution in [3.8, 4) is 18.1 Å². The SMILES string of the molecule is C#CCOc1ccccc1CNCCC(=O)NCc1cccnc1. The van der Waals surface area contributed by atoms with Crippen molar-refractivity contribution in [3.63, 3.8) is 0 Å². The number of nitrogens with zero attached hydrogens (tertiary/aromatic N) is 1. The van der Waals surface area contributed by atoms with Crippen LogP contribution in [0.15, 0.2) is 48.8 Å². The molecule has 0 saturated heterocycles. The second-order valence-corrected chi connectivity index (χ2v) is 5.17. The number of aromatic nitrogens is 1. The number of amides is 1. The van der Waals surface area contributed by atoms with Crippen molar-refractivity contribution in [3.05, 3.63) is 59.9 Å². The number of ether oxygens (including phenoxy) is 1. The lowest BCUT2D eigenvalue weighted by molar-refractivity contribution is -0.121. The molecule has 24 heavy (non-hydrogen) atoms. The summed E-state index contributed by atoms with van der Waals surface area (Å²) >= 11 is 0. The number of hydrogen-bond acceptors (Lipinski definition) is 4. The third kappa shape index (κ3) is 6.11. The van der Waals surface area contributed by atoms with Crippen molar-refractivity contribution in [1.29, 1.82) is 0 Å². The van der Waals surface area contributed by atoms with E-state index >= 15 is 0 Å². The Labute approximate surface area is 142 Å². The fourth-order valence-electron chi connectivity index (χ4n) is 2.13. The molecule has 1 amide bonds. The van der Waals surface area contributed by atoms with Crippen molar-refractivity contribution < 1.29 is 9.53 Å². The van der Waals surface area contributed by atoms with Gasteiger partial charge in [0, 0.05) is 44.0 Å². The van der Waals surface area contributed by atoms with Gasteiger partial charge in [-0.1, -0.05) is 30.2 Å². The topological polar surface area (TPSA) is 63.2 Å². The average Bonchev–Trinajstić information content (AvgIpc) is 2.63. The Morgan fingerprint density at radius 3 is 2.88 bits per heavy atom. The Morgan fingerprint density at radius 1 is 1.21 bits per heavy atom. The van der Waals surface area contributed by atoms with Crippen LogP contribution in [0.5, 0.6) is 5.75 Å². The van der Waals surface area contributed by atoms with Gasteiger partial charge >= 0.3 is 0 Å². The second-order valence-electron chi connectivity index (χ2n) is 5.17. The highest BCUT2D eigenvalue weighted by atomic mass is 16.5. The Kier molecular flexibility index (Phi) is 7.32. The fourth-order valence-corrected chi connectivity index (χ4v) is 2.13.